The highest BCUT2D eigenvalue weighted by atomic mass is 14.3. The summed E-state index contributed by atoms with van der Waals surface area (Å²) in [6.45, 7) is 18.9. The summed E-state index contributed by atoms with van der Waals surface area (Å²) in [5, 5.41) is 0. The highest BCUT2D eigenvalue weighted by Crippen LogP contribution is 2.39. The standard InChI is InChI=1S/C14H30/c1-11(2)13(5,6)9-10-14(7,8)12(3)4/h11-12H,9-10H2,1-8H3. The molecule has 0 aromatic heterocycles. The zero-order valence-electron chi connectivity index (χ0n) is 11.6. The van der Waals surface area contributed by atoms with Crippen LogP contribution in [0.5, 0.6) is 0 Å². The van der Waals surface area contributed by atoms with Crippen molar-refractivity contribution in [1.82, 2.24) is 0 Å². The van der Waals surface area contributed by atoms with Gasteiger partial charge in [0, 0.05) is 0 Å². The molecule has 0 aliphatic rings. The van der Waals surface area contributed by atoms with E-state index in [-0.39, 0.29) is 0 Å². The summed E-state index contributed by atoms with van der Waals surface area (Å²) >= 11 is 0. The minimum absolute atomic E-state index is 0.492. The molecule has 0 N–H and O–H groups in total. The van der Waals surface area contributed by atoms with E-state index in [1.54, 1.807) is 0 Å². The third kappa shape index (κ3) is 4.02. The van der Waals surface area contributed by atoms with Gasteiger partial charge in [-0.1, -0.05) is 55.4 Å². The monoisotopic (exact) mass is 198 g/mol. The number of hydrogen-bond acceptors (Lipinski definition) is 0. The Kier molecular flexibility index (Phi) is 4.68. The van der Waals surface area contributed by atoms with Crippen LogP contribution in [0.15, 0.2) is 0 Å². The Morgan fingerprint density at radius 3 is 1.00 bits per heavy atom. The predicted molar refractivity (Wildman–Crippen MR) is 66.5 cm³/mol. The van der Waals surface area contributed by atoms with Crippen LogP contribution in [0.1, 0.15) is 68.2 Å². The zero-order chi connectivity index (χ0) is 11.6. The van der Waals surface area contributed by atoms with Crippen LogP contribution in [-0.4, -0.2) is 0 Å². The summed E-state index contributed by atoms with van der Waals surface area (Å²) < 4.78 is 0. The van der Waals surface area contributed by atoms with Gasteiger partial charge in [-0.15, -0.1) is 0 Å². The van der Waals surface area contributed by atoms with Gasteiger partial charge >= 0.3 is 0 Å². The first-order chi connectivity index (χ1) is 6.09. The van der Waals surface area contributed by atoms with Gasteiger partial charge in [-0.2, -0.15) is 0 Å². The van der Waals surface area contributed by atoms with Crippen LogP contribution in [0.3, 0.4) is 0 Å². The van der Waals surface area contributed by atoms with Gasteiger partial charge in [0.1, 0.15) is 0 Å². The van der Waals surface area contributed by atoms with Gasteiger partial charge in [-0.05, 0) is 35.5 Å². The maximum Gasteiger partial charge on any atom is -0.0331 e. The predicted octanol–water partition coefficient (Wildman–Crippen LogP) is 5.13. The molecule has 0 saturated carbocycles. The first-order valence-electron chi connectivity index (χ1n) is 6.09. The minimum atomic E-state index is 0.492. The van der Waals surface area contributed by atoms with Crippen LogP contribution in [0.2, 0.25) is 0 Å². The third-order valence-corrected chi connectivity index (χ3v) is 4.54. The smallest absolute Gasteiger partial charge is 0.0331 e. The summed E-state index contributed by atoms with van der Waals surface area (Å²) in [7, 11) is 0. The van der Waals surface area contributed by atoms with Gasteiger partial charge in [-0.25, -0.2) is 0 Å². The molecule has 0 bridgehead atoms. The Bertz CT molecular complexity index is 141. The molecule has 0 saturated heterocycles. The van der Waals surface area contributed by atoms with Crippen LogP contribution < -0.4 is 0 Å². The number of rotatable bonds is 5. The molecule has 0 heterocycles. The SMILES string of the molecule is CC(C)C(C)(C)CCC(C)(C)C(C)C. The highest BCUT2D eigenvalue weighted by molar-refractivity contribution is 4.79. The molecular formula is C14H30. The molecular weight excluding hydrogens is 168 g/mol. The lowest BCUT2D eigenvalue weighted by Crippen LogP contribution is -2.25. The highest BCUT2D eigenvalue weighted by Gasteiger charge is 2.28. The lowest BCUT2D eigenvalue weighted by Gasteiger charge is -2.36. The van der Waals surface area contributed by atoms with E-state index >= 15 is 0 Å². The summed E-state index contributed by atoms with van der Waals surface area (Å²) in [5.41, 5.74) is 0.984. The molecule has 0 radical (unpaired) electrons. The zero-order valence-corrected chi connectivity index (χ0v) is 11.6. The van der Waals surface area contributed by atoms with Crippen LogP contribution in [0.25, 0.3) is 0 Å². The van der Waals surface area contributed by atoms with E-state index in [9.17, 15) is 0 Å². The molecule has 0 aliphatic carbocycles. The normalized spacial score (nSPS) is 14.1. The number of hydrogen-bond donors (Lipinski definition) is 0. The summed E-state index contributed by atoms with van der Waals surface area (Å²) in [4.78, 5) is 0. The Hall–Kier alpha value is 0. The second-order valence-electron chi connectivity index (χ2n) is 6.79. The lowest BCUT2D eigenvalue weighted by atomic mass is 9.70. The van der Waals surface area contributed by atoms with Crippen molar-refractivity contribution >= 4 is 0 Å². The topological polar surface area (TPSA) is 0 Å². The fraction of sp³-hybridized carbons (Fsp3) is 1.00. The minimum Gasteiger partial charge on any atom is -0.0623 e. The average molecular weight is 198 g/mol. The Morgan fingerprint density at radius 2 is 0.857 bits per heavy atom. The largest absolute Gasteiger partial charge is 0.0623 e. The Labute approximate surface area is 91.5 Å². The molecule has 0 amide bonds. The molecule has 0 nitrogen and oxygen atoms in total. The van der Waals surface area contributed by atoms with E-state index in [1.807, 2.05) is 0 Å². The Morgan fingerprint density at radius 1 is 0.643 bits per heavy atom. The van der Waals surface area contributed by atoms with Crippen molar-refractivity contribution in [2.75, 3.05) is 0 Å². The molecule has 0 fully saturated rings. The molecule has 0 rings (SSSR count). The molecule has 0 heteroatoms. The van der Waals surface area contributed by atoms with Gasteiger partial charge in [0.25, 0.3) is 0 Å². The van der Waals surface area contributed by atoms with E-state index in [0.717, 1.165) is 11.8 Å². The fourth-order valence-corrected chi connectivity index (χ4v) is 1.22. The second kappa shape index (κ2) is 4.68. The molecule has 86 valence electrons. The second-order valence-corrected chi connectivity index (χ2v) is 6.79. The Balaban J connectivity index is 4.18. The van der Waals surface area contributed by atoms with E-state index in [1.165, 1.54) is 12.8 Å². The van der Waals surface area contributed by atoms with Crippen molar-refractivity contribution in [3.05, 3.63) is 0 Å². The van der Waals surface area contributed by atoms with Crippen LogP contribution >= 0.6 is 0 Å². The van der Waals surface area contributed by atoms with E-state index in [0.29, 0.717) is 10.8 Å². The van der Waals surface area contributed by atoms with Crippen LogP contribution in [0.4, 0.5) is 0 Å². The van der Waals surface area contributed by atoms with Crippen molar-refractivity contribution in [2.24, 2.45) is 22.7 Å². The van der Waals surface area contributed by atoms with Crippen LogP contribution in [0, 0.1) is 22.7 Å². The average Bonchev–Trinajstić information content (AvgIpc) is 2.01. The molecule has 0 spiro atoms. The quantitative estimate of drug-likeness (QED) is 0.574. The lowest BCUT2D eigenvalue weighted by molar-refractivity contribution is 0.150. The third-order valence-electron chi connectivity index (χ3n) is 4.54. The molecule has 0 aromatic carbocycles. The maximum atomic E-state index is 2.40. The van der Waals surface area contributed by atoms with Crippen molar-refractivity contribution in [2.45, 2.75) is 68.2 Å². The van der Waals surface area contributed by atoms with Gasteiger partial charge in [-0.3, -0.25) is 0 Å². The van der Waals surface area contributed by atoms with Gasteiger partial charge in [0.2, 0.25) is 0 Å². The summed E-state index contributed by atoms with van der Waals surface area (Å²) in [6.07, 6.45) is 2.69. The molecule has 0 atom stereocenters. The maximum absolute atomic E-state index is 2.40. The molecule has 14 heavy (non-hydrogen) atoms. The van der Waals surface area contributed by atoms with E-state index in [2.05, 4.69) is 55.4 Å². The summed E-state index contributed by atoms with van der Waals surface area (Å²) in [5.74, 6) is 1.57. The van der Waals surface area contributed by atoms with Crippen molar-refractivity contribution in [3.8, 4) is 0 Å². The molecule has 0 aromatic rings. The molecule has 0 unspecified atom stereocenters. The summed E-state index contributed by atoms with van der Waals surface area (Å²) in [6, 6.07) is 0. The van der Waals surface area contributed by atoms with Crippen molar-refractivity contribution in [3.63, 3.8) is 0 Å². The first-order valence-corrected chi connectivity index (χ1v) is 6.09. The van der Waals surface area contributed by atoms with Gasteiger partial charge < -0.3 is 0 Å². The molecule has 0 aliphatic heterocycles. The first kappa shape index (κ1) is 14.0. The van der Waals surface area contributed by atoms with Crippen molar-refractivity contribution < 1.29 is 0 Å². The van der Waals surface area contributed by atoms with E-state index < -0.39 is 0 Å². The van der Waals surface area contributed by atoms with Gasteiger partial charge in [0.15, 0.2) is 0 Å². The fourth-order valence-electron chi connectivity index (χ4n) is 1.22. The van der Waals surface area contributed by atoms with Crippen LogP contribution in [-0.2, 0) is 0 Å². The van der Waals surface area contributed by atoms with Gasteiger partial charge in [0.05, 0.1) is 0 Å². The van der Waals surface area contributed by atoms with Crippen molar-refractivity contribution in [1.29, 1.82) is 0 Å². The van der Waals surface area contributed by atoms with E-state index in [4.69, 9.17) is 0 Å².